The van der Waals surface area contributed by atoms with E-state index in [0.717, 1.165) is 19.6 Å². The SMILES string of the molecule is CCCCCCCCN1CCN(S(=O)(=O)CC)CC1. The molecule has 1 saturated heterocycles. The normalized spacial score (nSPS) is 18.8. The van der Waals surface area contributed by atoms with Crippen molar-refractivity contribution in [3.05, 3.63) is 0 Å². The second-order valence-electron chi connectivity index (χ2n) is 5.41. The van der Waals surface area contributed by atoms with E-state index in [0.29, 0.717) is 13.1 Å². The van der Waals surface area contributed by atoms with Crippen LogP contribution >= 0.6 is 0 Å². The predicted molar refractivity (Wildman–Crippen MR) is 80.8 cm³/mol. The highest BCUT2D eigenvalue weighted by molar-refractivity contribution is 7.89. The van der Waals surface area contributed by atoms with Gasteiger partial charge in [-0.15, -0.1) is 0 Å². The van der Waals surface area contributed by atoms with Crippen molar-refractivity contribution in [1.82, 2.24) is 9.21 Å². The van der Waals surface area contributed by atoms with Crippen molar-refractivity contribution >= 4 is 10.0 Å². The lowest BCUT2D eigenvalue weighted by Crippen LogP contribution is -2.49. The number of rotatable bonds is 9. The van der Waals surface area contributed by atoms with Gasteiger partial charge in [0.15, 0.2) is 0 Å². The number of nitrogens with zero attached hydrogens (tertiary/aromatic N) is 2. The first-order valence-electron chi connectivity index (χ1n) is 7.80. The van der Waals surface area contributed by atoms with Gasteiger partial charge in [-0.25, -0.2) is 8.42 Å². The fourth-order valence-corrected chi connectivity index (χ4v) is 3.61. The molecular formula is C14H30N2O2S. The molecule has 1 aliphatic heterocycles. The monoisotopic (exact) mass is 290 g/mol. The molecule has 0 aromatic carbocycles. The Morgan fingerprint density at radius 2 is 1.42 bits per heavy atom. The third-order valence-electron chi connectivity index (χ3n) is 3.92. The van der Waals surface area contributed by atoms with Crippen LogP contribution in [0.2, 0.25) is 0 Å². The molecule has 0 radical (unpaired) electrons. The zero-order valence-electron chi connectivity index (χ0n) is 12.6. The Kier molecular flexibility index (Phi) is 7.95. The first kappa shape index (κ1) is 16.9. The topological polar surface area (TPSA) is 40.6 Å². The van der Waals surface area contributed by atoms with E-state index in [9.17, 15) is 8.42 Å². The molecule has 0 bridgehead atoms. The first-order valence-corrected chi connectivity index (χ1v) is 9.41. The summed E-state index contributed by atoms with van der Waals surface area (Å²) in [5, 5.41) is 0. The van der Waals surface area contributed by atoms with Crippen molar-refractivity contribution in [3.8, 4) is 0 Å². The van der Waals surface area contributed by atoms with Gasteiger partial charge >= 0.3 is 0 Å². The van der Waals surface area contributed by atoms with Crippen LogP contribution in [0.5, 0.6) is 0 Å². The van der Waals surface area contributed by atoms with Gasteiger partial charge in [0.25, 0.3) is 0 Å². The van der Waals surface area contributed by atoms with E-state index >= 15 is 0 Å². The minimum Gasteiger partial charge on any atom is -0.301 e. The summed E-state index contributed by atoms with van der Waals surface area (Å²) in [6, 6.07) is 0. The molecule has 1 heterocycles. The highest BCUT2D eigenvalue weighted by atomic mass is 32.2. The van der Waals surface area contributed by atoms with Crippen LogP contribution < -0.4 is 0 Å². The average Bonchev–Trinajstić information content (AvgIpc) is 2.43. The Bertz CT molecular complexity index is 322. The molecule has 4 nitrogen and oxygen atoms in total. The van der Waals surface area contributed by atoms with Gasteiger partial charge in [0, 0.05) is 26.2 Å². The molecule has 0 saturated carbocycles. The number of piperazine rings is 1. The molecule has 0 atom stereocenters. The van der Waals surface area contributed by atoms with Crippen LogP contribution in [0.15, 0.2) is 0 Å². The fourth-order valence-electron chi connectivity index (χ4n) is 2.53. The molecule has 0 unspecified atom stereocenters. The lowest BCUT2D eigenvalue weighted by atomic mass is 10.1. The second kappa shape index (κ2) is 8.93. The average molecular weight is 290 g/mol. The Balaban J connectivity index is 2.10. The molecule has 1 aliphatic rings. The molecule has 1 fully saturated rings. The third-order valence-corrected chi connectivity index (χ3v) is 5.80. The van der Waals surface area contributed by atoms with Gasteiger partial charge in [-0.1, -0.05) is 39.0 Å². The molecule has 0 amide bonds. The highest BCUT2D eigenvalue weighted by Crippen LogP contribution is 2.10. The molecule has 0 aliphatic carbocycles. The van der Waals surface area contributed by atoms with Gasteiger partial charge in [0.05, 0.1) is 5.75 Å². The quantitative estimate of drug-likeness (QED) is 0.612. The predicted octanol–water partition coefficient (Wildman–Crippen LogP) is 2.31. The van der Waals surface area contributed by atoms with Crippen LogP contribution in [0.4, 0.5) is 0 Å². The third kappa shape index (κ3) is 6.23. The zero-order chi connectivity index (χ0) is 14.1. The van der Waals surface area contributed by atoms with Crippen molar-refractivity contribution in [2.75, 3.05) is 38.5 Å². The molecule has 0 spiro atoms. The minimum absolute atomic E-state index is 0.227. The van der Waals surface area contributed by atoms with Gasteiger partial charge in [0.2, 0.25) is 10.0 Å². The van der Waals surface area contributed by atoms with E-state index in [2.05, 4.69) is 11.8 Å². The summed E-state index contributed by atoms with van der Waals surface area (Å²) in [4.78, 5) is 2.40. The van der Waals surface area contributed by atoms with E-state index in [-0.39, 0.29) is 5.75 Å². The molecule has 114 valence electrons. The summed E-state index contributed by atoms with van der Waals surface area (Å²) in [6.07, 6.45) is 7.93. The highest BCUT2D eigenvalue weighted by Gasteiger charge is 2.24. The molecule has 0 N–H and O–H groups in total. The van der Waals surface area contributed by atoms with Crippen molar-refractivity contribution in [2.24, 2.45) is 0 Å². The van der Waals surface area contributed by atoms with E-state index < -0.39 is 10.0 Å². The molecule has 0 aromatic rings. The minimum atomic E-state index is -2.97. The van der Waals surface area contributed by atoms with Crippen LogP contribution in [0.25, 0.3) is 0 Å². The maximum atomic E-state index is 11.7. The summed E-state index contributed by atoms with van der Waals surface area (Å²) < 4.78 is 25.1. The number of unbranched alkanes of at least 4 members (excludes halogenated alkanes) is 5. The van der Waals surface area contributed by atoms with Crippen molar-refractivity contribution < 1.29 is 8.42 Å². The number of sulfonamides is 1. The van der Waals surface area contributed by atoms with Crippen molar-refractivity contribution in [1.29, 1.82) is 0 Å². The molecule has 1 rings (SSSR count). The number of hydrogen-bond acceptors (Lipinski definition) is 3. The molecule has 0 aromatic heterocycles. The van der Waals surface area contributed by atoms with Crippen molar-refractivity contribution in [3.63, 3.8) is 0 Å². The van der Waals surface area contributed by atoms with Crippen LogP contribution in [0.1, 0.15) is 52.4 Å². The maximum absolute atomic E-state index is 11.7. The van der Waals surface area contributed by atoms with Crippen LogP contribution in [-0.4, -0.2) is 56.1 Å². The zero-order valence-corrected chi connectivity index (χ0v) is 13.4. The summed E-state index contributed by atoms with van der Waals surface area (Å²) in [6.45, 7) is 8.23. The maximum Gasteiger partial charge on any atom is 0.213 e. The van der Waals surface area contributed by atoms with Crippen LogP contribution in [0.3, 0.4) is 0 Å². The Hall–Kier alpha value is -0.130. The molecular weight excluding hydrogens is 260 g/mol. The van der Waals surface area contributed by atoms with Crippen molar-refractivity contribution in [2.45, 2.75) is 52.4 Å². The van der Waals surface area contributed by atoms with Gasteiger partial charge in [0.1, 0.15) is 0 Å². The molecule has 5 heteroatoms. The van der Waals surface area contributed by atoms with E-state index in [1.807, 2.05) is 0 Å². The van der Waals surface area contributed by atoms with E-state index in [1.54, 1.807) is 11.2 Å². The summed E-state index contributed by atoms with van der Waals surface area (Å²) in [5.41, 5.74) is 0. The lowest BCUT2D eigenvalue weighted by Gasteiger charge is -2.33. The van der Waals surface area contributed by atoms with Crippen LogP contribution in [-0.2, 0) is 10.0 Å². The summed E-state index contributed by atoms with van der Waals surface area (Å²) in [7, 11) is -2.97. The van der Waals surface area contributed by atoms with E-state index in [1.165, 1.54) is 38.5 Å². The number of hydrogen-bond donors (Lipinski definition) is 0. The Morgan fingerprint density at radius 1 is 0.842 bits per heavy atom. The van der Waals surface area contributed by atoms with Gasteiger partial charge in [-0.05, 0) is 19.9 Å². The fraction of sp³-hybridized carbons (Fsp3) is 1.00. The van der Waals surface area contributed by atoms with Gasteiger partial charge < -0.3 is 4.90 Å². The smallest absolute Gasteiger partial charge is 0.213 e. The standard InChI is InChI=1S/C14H30N2O2S/c1-3-5-6-7-8-9-10-15-11-13-16(14-12-15)19(17,18)4-2/h3-14H2,1-2H3. The Labute approximate surface area is 119 Å². The molecule has 19 heavy (non-hydrogen) atoms. The summed E-state index contributed by atoms with van der Waals surface area (Å²) >= 11 is 0. The van der Waals surface area contributed by atoms with Gasteiger partial charge in [-0.2, -0.15) is 4.31 Å². The first-order chi connectivity index (χ1) is 9.10. The Morgan fingerprint density at radius 3 is 2.00 bits per heavy atom. The lowest BCUT2D eigenvalue weighted by molar-refractivity contribution is 0.185. The van der Waals surface area contributed by atoms with Gasteiger partial charge in [-0.3, -0.25) is 0 Å². The largest absolute Gasteiger partial charge is 0.301 e. The summed E-state index contributed by atoms with van der Waals surface area (Å²) in [5.74, 6) is 0.227. The van der Waals surface area contributed by atoms with E-state index in [4.69, 9.17) is 0 Å². The van der Waals surface area contributed by atoms with Crippen LogP contribution in [0, 0.1) is 0 Å². The second-order valence-corrected chi connectivity index (χ2v) is 7.67.